The van der Waals surface area contributed by atoms with E-state index in [0.29, 0.717) is 23.9 Å². The summed E-state index contributed by atoms with van der Waals surface area (Å²) in [6, 6.07) is 10.0. The average Bonchev–Trinajstić information content (AvgIpc) is 3.60. The molecule has 2 aromatic heterocycles. The molecule has 0 bridgehead atoms. The number of anilines is 1. The fraction of sp³-hybridized carbons (Fsp3) is 0.485. The molecule has 0 spiro atoms. The maximum absolute atomic E-state index is 13.8. The van der Waals surface area contributed by atoms with Crippen LogP contribution in [0.1, 0.15) is 69.4 Å². The van der Waals surface area contributed by atoms with E-state index in [1.807, 2.05) is 39.9 Å². The Bertz CT molecular complexity index is 1420. The Hall–Kier alpha value is -3.63. The first-order valence-electron chi connectivity index (χ1n) is 14.8. The number of nitrogens with one attached hydrogen (secondary N) is 1. The van der Waals surface area contributed by atoms with E-state index in [4.69, 9.17) is 4.98 Å². The van der Waals surface area contributed by atoms with Crippen molar-refractivity contribution < 1.29 is 4.79 Å². The lowest BCUT2D eigenvalue weighted by molar-refractivity contribution is 0.0740. The summed E-state index contributed by atoms with van der Waals surface area (Å²) in [6.07, 6.45) is 8.28. The highest BCUT2D eigenvalue weighted by atomic mass is 16.2. The number of nitrogens with zero attached hydrogens (tertiary/aromatic N) is 5. The van der Waals surface area contributed by atoms with Gasteiger partial charge in [0.15, 0.2) is 0 Å². The van der Waals surface area contributed by atoms with Crippen LogP contribution in [-0.4, -0.2) is 70.6 Å². The number of fused-ring (bicyclic) bond motifs is 2. The van der Waals surface area contributed by atoms with Crippen LogP contribution < -0.4 is 5.32 Å². The third-order valence-corrected chi connectivity index (χ3v) is 7.70. The molecule has 0 radical (unpaired) electrons. The Morgan fingerprint density at radius 2 is 1.80 bits per heavy atom. The standard InChI is InChI=1S/C33H42N6O/c1-24(2)13-20-38(21-14-25(3)4)33(40)27-10-12-31-36-32(26-9-11-28-29(22-26)35-16-15-34-28)30(39(31)23-27)8-7-19-37-17-5-6-18-37/h9-12,15,22-25,35H,5-6,13-14,16-21H2,1-4H3. The molecule has 7 heteroatoms. The molecule has 0 unspecified atom stereocenters. The zero-order chi connectivity index (χ0) is 28.1. The monoisotopic (exact) mass is 538 g/mol. The van der Waals surface area contributed by atoms with Gasteiger partial charge in [0.2, 0.25) is 0 Å². The molecule has 1 fully saturated rings. The van der Waals surface area contributed by atoms with Crippen molar-refractivity contribution in [2.45, 2.75) is 53.4 Å². The molecular formula is C33H42N6O. The predicted molar refractivity (Wildman–Crippen MR) is 165 cm³/mol. The van der Waals surface area contributed by atoms with Crippen LogP contribution in [0.4, 0.5) is 11.4 Å². The van der Waals surface area contributed by atoms with Gasteiger partial charge in [-0.25, -0.2) is 4.98 Å². The molecule has 0 aliphatic carbocycles. The number of aliphatic imine (C=N–C) groups is 1. The molecule has 2 aliphatic rings. The highest BCUT2D eigenvalue weighted by Crippen LogP contribution is 2.33. The molecule has 0 saturated carbocycles. The number of pyridine rings is 1. The molecule has 1 aromatic carbocycles. The van der Waals surface area contributed by atoms with Gasteiger partial charge in [-0.1, -0.05) is 39.7 Å². The summed E-state index contributed by atoms with van der Waals surface area (Å²) < 4.78 is 2.01. The summed E-state index contributed by atoms with van der Waals surface area (Å²) in [5, 5.41) is 3.41. The smallest absolute Gasteiger partial charge is 0.255 e. The number of hydrogen-bond donors (Lipinski definition) is 1. The summed E-state index contributed by atoms with van der Waals surface area (Å²) in [7, 11) is 0. The zero-order valence-electron chi connectivity index (χ0n) is 24.4. The largest absolute Gasteiger partial charge is 0.378 e. The maximum atomic E-state index is 13.8. The zero-order valence-corrected chi connectivity index (χ0v) is 24.4. The predicted octanol–water partition coefficient (Wildman–Crippen LogP) is 6.11. The first-order valence-corrected chi connectivity index (χ1v) is 14.8. The van der Waals surface area contributed by atoms with E-state index in [9.17, 15) is 4.79 Å². The number of amides is 1. The number of benzene rings is 1. The van der Waals surface area contributed by atoms with Crippen LogP contribution in [0.25, 0.3) is 16.9 Å². The van der Waals surface area contributed by atoms with Crippen LogP contribution in [0.15, 0.2) is 41.5 Å². The maximum Gasteiger partial charge on any atom is 0.255 e. The molecule has 4 heterocycles. The molecule has 3 aromatic rings. The van der Waals surface area contributed by atoms with Crippen molar-refractivity contribution >= 4 is 29.1 Å². The Labute approximate surface area is 238 Å². The van der Waals surface area contributed by atoms with Crippen LogP contribution in [0.5, 0.6) is 0 Å². The van der Waals surface area contributed by atoms with Gasteiger partial charge in [0.25, 0.3) is 5.91 Å². The number of carbonyl (C=O) groups is 1. The van der Waals surface area contributed by atoms with E-state index >= 15 is 0 Å². The van der Waals surface area contributed by atoms with Crippen molar-refractivity contribution in [3.8, 4) is 23.1 Å². The Balaban J connectivity index is 1.53. The molecule has 1 amide bonds. The summed E-state index contributed by atoms with van der Waals surface area (Å²) in [6.45, 7) is 14.0. The van der Waals surface area contributed by atoms with Crippen molar-refractivity contribution in [2.75, 3.05) is 44.6 Å². The summed E-state index contributed by atoms with van der Waals surface area (Å²) in [5.41, 5.74) is 6.02. The average molecular weight is 539 g/mol. The quantitative estimate of drug-likeness (QED) is 0.334. The number of carbonyl (C=O) groups excluding carboxylic acids is 1. The van der Waals surface area contributed by atoms with Gasteiger partial charge in [-0.3, -0.25) is 19.1 Å². The van der Waals surface area contributed by atoms with Crippen molar-refractivity contribution in [3.63, 3.8) is 0 Å². The van der Waals surface area contributed by atoms with E-state index in [0.717, 1.165) is 79.5 Å². The molecule has 40 heavy (non-hydrogen) atoms. The van der Waals surface area contributed by atoms with E-state index in [1.54, 1.807) is 0 Å². The third-order valence-electron chi connectivity index (χ3n) is 7.70. The van der Waals surface area contributed by atoms with Gasteiger partial charge in [-0.15, -0.1) is 0 Å². The summed E-state index contributed by atoms with van der Waals surface area (Å²) in [5.74, 6) is 8.03. The second kappa shape index (κ2) is 12.7. The van der Waals surface area contributed by atoms with E-state index < -0.39 is 0 Å². The van der Waals surface area contributed by atoms with E-state index in [2.05, 4.69) is 66.9 Å². The lowest BCUT2D eigenvalue weighted by Crippen LogP contribution is -2.34. The fourth-order valence-electron chi connectivity index (χ4n) is 5.23. The minimum Gasteiger partial charge on any atom is -0.378 e. The fourth-order valence-corrected chi connectivity index (χ4v) is 5.23. The van der Waals surface area contributed by atoms with Crippen molar-refractivity contribution in [3.05, 3.63) is 47.8 Å². The number of rotatable bonds is 9. The normalized spacial score (nSPS) is 14.8. The molecule has 1 saturated heterocycles. The van der Waals surface area contributed by atoms with Gasteiger partial charge >= 0.3 is 0 Å². The minimum atomic E-state index is 0.0743. The number of likely N-dealkylation sites (tertiary alicyclic amines) is 1. The van der Waals surface area contributed by atoms with Gasteiger partial charge < -0.3 is 10.2 Å². The molecular weight excluding hydrogens is 496 g/mol. The van der Waals surface area contributed by atoms with Crippen LogP contribution in [0.2, 0.25) is 0 Å². The molecule has 7 nitrogen and oxygen atoms in total. The SMILES string of the molecule is CC(C)CCN(CCC(C)C)C(=O)c1ccc2nc(-c3ccc4c(c3)NCC=N4)c(C#CCN3CCCC3)n2c1. The molecule has 1 N–H and O–H groups in total. The molecule has 0 atom stereocenters. The van der Waals surface area contributed by atoms with Gasteiger partial charge in [0.1, 0.15) is 17.0 Å². The number of hydrogen-bond acceptors (Lipinski definition) is 5. The molecule has 2 aliphatic heterocycles. The number of aromatic nitrogens is 2. The van der Waals surface area contributed by atoms with Crippen LogP contribution >= 0.6 is 0 Å². The Kier molecular flexibility index (Phi) is 8.86. The second-order valence-corrected chi connectivity index (χ2v) is 11.8. The summed E-state index contributed by atoms with van der Waals surface area (Å²) in [4.78, 5) is 27.7. The van der Waals surface area contributed by atoms with Crippen LogP contribution in [-0.2, 0) is 0 Å². The van der Waals surface area contributed by atoms with Gasteiger partial charge in [0, 0.05) is 31.1 Å². The van der Waals surface area contributed by atoms with Gasteiger partial charge in [-0.05, 0) is 80.8 Å². The topological polar surface area (TPSA) is 65.2 Å². The first kappa shape index (κ1) is 27.9. The van der Waals surface area contributed by atoms with E-state index in [1.165, 1.54) is 12.8 Å². The Morgan fingerprint density at radius 3 is 2.52 bits per heavy atom. The van der Waals surface area contributed by atoms with Crippen molar-refractivity contribution in [1.82, 2.24) is 19.2 Å². The van der Waals surface area contributed by atoms with Crippen molar-refractivity contribution in [1.29, 1.82) is 0 Å². The first-order chi connectivity index (χ1) is 19.4. The highest BCUT2D eigenvalue weighted by Gasteiger charge is 2.20. The molecule has 210 valence electrons. The summed E-state index contributed by atoms with van der Waals surface area (Å²) >= 11 is 0. The lowest BCUT2D eigenvalue weighted by Gasteiger charge is -2.24. The van der Waals surface area contributed by atoms with Gasteiger partial charge in [0.05, 0.1) is 30.0 Å². The third kappa shape index (κ3) is 6.56. The lowest BCUT2D eigenvalue weighted by atomic mass is 10.1. The van der Waals surface area contributed by atoms with E-state index in [-0.39, 0.29) is 5.91 Å². The highest BCUT2D eigenvalue weighted by molar-refractivity contribution is 5.94. The number of imidazole rings is 1. The Morgan fingerprint density at radius 1 is 1.05 bits per heavy atom. The van der Waals surface area contributed by atoms with Crippen LogP contribution in [0.3, 0.4) is 0 Å². The second-order valence-electron chi connectivity index (χ2n) is 11.8. The van der Waals surface area contributed by atoms with Gasteiger partial charge in [-0.2, -0.15) is 0 Å². The van der Waals surface area contributed by atoms with Crippen molar-refractivity contribution in [2.24, 2.45) is 16.8 Å². The minimum absolute atomic E-state index is 0.0743. The molecule has 5 rings (SSSR count). The van der Waals surface area contributed by atoms with Crippen LogP contribution in [0, 0.1) is 23.7 Å².